The number of H-pyrrole nitrogens is 1. The quantitative estimate of drug-likeness (QED) is 0.128. The van der Waals surface area contributed by atoms with E-state index in [1.165, 1.54) is 53.0 Å². The summed E-state index contributed by atoms with van der Waals surface area (Å²) in [5.74, 6) is -0.311. The van der Waals surface area contributed by atoms with E-state index in [0.717, 1.165) is 0 Å². The summed E-state index contributed by atoms with van der Waals surface area (Å²) in [6.45, 7) is 4.98. The van der Waals surface area contributed by atoms with Gasteiger partial charge in [0.2, 0.25) is 0 Å². The number of nitrogens with one attached hydrogen (secondary N) is 4. The average molecular weight is 999 g/mol. The third kappa shape index (κ3) is 12.1. The van der Waals surface area contributed by atoms with E-state index in [9.17, 15) is 33.6 Å². The highest BCUT2D eigenvalue weighted by molar-refractivity contribution is 6.30. The van der Waals surface area contributed by atoms with Gasteiger partial charge in [0.25, 0.3) is 34.4 Å². The van der Waals surface area contributed by atoms with E-state index in [-0.39, 0.29) is 50.3 Å². The average Bonchev–Trinajstić information content (AvgIpc) is 3.82. The number of ketones is 1. The maximum Gasteiger partial charge on any atom is 0.277 e. The first-order valence-electron chi connectivity index (χ1n) is 20.8. The van der Waals surface area contributed by atoms with Gasteiger partial charge in [0.15, 0.2) is 17.1 Å². The first kappa shape index (κ1) is 51.1. The van der Waals surface area contributed by atoms with E-state index >= 15 is 0 Å². The van der Waals surface area contributed by atoms with Crippen LogP contribution >= 0.6 is 23.2 Å². The second-order valence-electron chi connectivity index (χ2n) is 15.0. The number of amides is 3. The standard InChI is InChI=1S/C17H14N6O2.C13H10ClN3O2.C7H7NO.C6H5ClN2O2.C4H5N3/c1-17(13-4-2-3-8-19-13)22-15(24)12-6-5-11(16(25)23(12)17)21-14-7-9-18-10-20-14;1-13(10-4-2-3-7-15-10)16-11(18)9-6-5-8(14)12(19)17(9)13;1-6(9)7-4-2-3-5-8-7;7-3-1-2-4(5(8)10)9-6(3)11;5-4-1-2-6-3-7-4/h2-10H,1H3,(H,22,24)(H,18,20,21);2-7H,1H3,(H,16,18);2-5H,1H3;1-2H,(H2,8,10)(H,9,11);1-3H,(H2,5,6,7). The fourth-order valence-corrected chi connectivity index (χ4v) is 6.96. The van der Waals surface area contributed by atoms with Gasteiger partial charge in [0, 0.05) is 37.9 Å². The second-order valence-corrected chi connectivity index (χ2v) is 15.8. The number of primary amides is 1. The Morgan fingerprint density at radius 3 is 1.58 bits per heavy atom. The lowest BCUT2D eigenvalue weighted by Crippen LogP contribution is -2.46. The molecular weight excluding hydrogens is 958 g/mol. The van der Waals surface area contributed by atoms with Crippen LogP contribution in [-0.2, 0) is 11.3 Å². The molecule has 2 unspecified atom stereocenters. The molecule has 22 nitrogen and oxygen atoms in total. The van der Waals surface area contributed by atoms with Crippen LogP contribution in [0.15, 0.2) is 161 Å². The number of anilines is 3. The molecule has 8 aromatic heterocycles. The molecule has 8 aromatic rings. The Morgan fingerprint density at radius 1 is 0.606 bits per heavy atom. The monoisotopic (exact) mass is 997 g/mol. The van der Waals surface area contributed by atoms with E-state index in [1.807, 2.05) is 6.07 Å². The Labute approximate surface area is 412 Å². The number of nitrogen functional groups attached to an aromatic ring is 1. The SMILES string of the molecule is CC(=O)c1ccccn1.CC1(c2ccccn2)NC(=O)c2ccc(Cl)c(=O)n21.CC1(c2ccccn2)NC(=O)c2ccc(Nc3ccncn3)c(=O)n21.NC(=O)c1ccc(Cl)c(=O)[nH]1.Nc1ccncn1. The minimum atomic E-state index is -1.06. The summed E-state index contributed by atoms with van der Waals surface area (Å²) in [6, 6.07) is 28.1. The number of Topliss-reactive ketones (excluding diaryl/α,β-unsaturated/α-hetero) is 1. The van der Waals surface area contributed by atoms with Crippen molar-refractivity contribution in [2.24, 2.45) is 5.73 Å². The number of rotatable bonds is 6. The number of carbonyl (C=O) groups is 4. The van der Waals surface area contributed by atoms with Crippen LogP contribution in [0.1, 0.15) is 74.1 Å². The fraction of sp³-hybridized carbons (Fsp3) is 0.106. The van der Waals surface area contributed by atoms with E-state index in [0.29, 0.717) is 34.4 Å². The van der Waals surface area contributed by atoms with E-state index in [4.69, 9.17) is 34.7 Å². The molecule has 10 heterocycles. The van der Waals surface area contributed by atoms with Gasteiger partial charge in [-0.05, 0) is 98.8 Å². The van der Waals surface area contributed by atoms with Gasteiger partial charge in [0.05, 0.1) is 11.4 Å². The van der Waals surface area contributed by atoms with Crippen LogP contribution in [0.5, 0.6) is 0 Å². The summed E-state index contributed by atoms with van der Waals surface area (Å²) in [7, 11) is 0. The number of fused-ring (bicyclic) bond motifs is 2. The molecule has 2 aliphatic rings. The zero-order valence-corrected chi connectivity index (χ0v) is 39.2. The molecule has 71 heavy (non-hydrogen) atoms. The van der Waals surface area contributed by atoms with Crippen molar-refractivity contribution in [3.8, 4) is 0 Å². The van der Waals surface area contributed by atoms with Crippen LogP contribution in [0, 0.1) is 0 Å². The van der Waals surface area contributed by atoms with Crippen molar-refractivity contribution >= 4 is 64.0 Å². The molecular formula is C47H41Cl2N15O7. The highest BCUT2D eigenvalue weighted by atomic mass is 35.5. The van der Waals surface area contributed by atoms with Crippen LogP contribution in [0.2, 0.25) is 10.0 Å². The first-order chi connectivity index (χ1) is 33.9. The lowest BCUT2D eigenvalue weighted by molar-refractivity contribution is 0.0931. The molecule has 0 radical (unpaired) electrons. The lowest BCUT2D eigenvalue weighted by atomic mass is 10.1. The van der Waals surface area contributed by atoms with Crippen molar-refractivity contribution in [1.82, 2.24) is 59.6 Å². The molecule has 0 bridgehead atoms. The van der Waals surface area contributed by atoms with Crippen molar-refractivity contribution in [3.63, 3.8) is 0 Å². The van der Waals surface area contributed by atoms with Gasteiger partial charge < -0.3 is 32.4 Å². The summed E-state index contributed by atoms with van der Waals surface area (Å²) in [4.78, 5) is 111. The molecule has 0 saturated heterocycles. The van der Waals surface area contributed by atoms with Crippen LogP contribution in [0.25, 0.3) is 0 Å². The third-order valence-electron chi connectivity index (χ3n) is 10.1. The molecule has 0 aliphatic carbocycles. The molecule has 0 fully saturated rings. The Hall–Kier alpha value is -9.28. The van der Waals surface area contributed by atoms with Crippen LogP contribution < -0.4 is 44.1 Å². The number of nitrogens with zero attached hydrogens (tertiary/aromatic N) is 9. The lowest BCUT2D eigenvalue weighted by Gasteiger charge is -2.26. The third-order valence-corrected chi connectivity index (χ3v) is 10.7. The van der Waals surface area contributed by atoms with E-state index in [1.54, 1.807) is 118 Å². The predicted molar refractivity (Wildman–Crippen MR) is 262 cm³/mol. The number of pyridine rings is 6. The van der Waals surface area contributed by atoms with Gasteiger partial charge in [-0.25, -0.2) is 19.9 Å². The summed E-state index contributed by atoms with van der Waals surface area (Å²) in [5, 5.41) is 8.71. The molecule has 0 saturated carbocycles. The van der Waals surface area contributed by atoms with E-state index < -0.39 is 28.4 Å². The Bertz CT molecular complexity index is 3370. The summed E-state index contributed by atoms with van der Waals surface area (Å²) < 4.78 is 2.77. The normalized spacial score (nSPS) is 15.6. The Morgan fingerprint density at radius 2 is 1.14 bits per heavy atom. The van der Waals surface area contributed by atoms with Crippen molar-refractivity contribution in [2.45, 2.75) is 32.1 Å². The number of hydrogen-bond donors (Lipinski definition) is 6. The molecule has 0 aromatic carbocycles. The van der Waals surface area contributed by atoms with Gasteiger partial charge in [-0.1, -0.05) is 41.4 Å². The van der Waals surface area contributed by atoms with Crippen LogP contribution in [0.4, 0.5) is 17.3 Å². The molecule has 10 rings (SSSR count). The highest BCUT2D eigenvalue weighted by Gasteiger charge is 2.43. The van der Waals surface area contributed by atoms with Crippen molar-refractivity contribution < 1.29 is 19.2 Å². The summed E-state index contributed by atoms with van der Waals surface area (Å²) in [6.07, 6.45) is 10.8. The zero-order chi connectivity index (χ0) is 51.3. The Kier molecular flexibility index (Phi) is 16.3. The van der Waals surface area contributed by atoms with Crippen LogP contribution in [-0.4, -0.2) is 72.5 Å². The smallest absolute Gasteiger partial charge is 0.277 e. The summed E-state index contributed by atoms with van der Waals surface area (Å²) >= 11 is 11.3. The van der Waals surface area contributed by atoms with E-state index in [2.05, 4.69) is 55.8 Å². The van der Waals surface area contributed by atoms with Gasteiger partial charge >= 0.3 is 0 Å². The maximum atomic E-state index is 13.0. The number of nitrogens with two attached hydrogens (primary N) is 2. The Balaban J connectivity index is 0.000000157. The minimum Gasteiger partial charge on any atom is -0.384 e. The second kappa shape index (κ2) is 22.7. The van der Waals surface area contributed by atoms with Gasteiger partial charge in [0.1, 0.15) is 62.8 Å². The number of aromatic amines is 1. The molecule has 8 N–H and O–H groups in total. The van der Waals surface area contributed by atoms with Gasteiger partial charge in [-0.2, -0.15) is 0 Å². The topological polar surface area (TPSA) is 323 Å². The molecule has 2 aliphatic heterocycles. The molecule has 360 valence electrons. The zero-order valence-electron chi connectivity index (χ0n) is 37.6. The molecule has 2 atom stereocenters. The summed E-state index contributed by atoms with van der Waals surface area (Å²) in [5.41, 5.74) is 9.34. The van der Waals surface area contributed by atoms with Crippen molar-refractivity contribution in [3.05, 3.63) is 222 Å². The van der Waals surface area contributed by atoms with Crippen molar-refractivity contribution in [2.75, 3.05) is 11.1 Å². The number of aromatic nitrogens is 10. The minimum absolute atomic E-state index is 0.00981. The first-order valence-corrected chi connectivity index (χ1v) is 21.5. The number of carbonyl (C=O) groups excluding carboxylic acids is 4. The molecule has 3 amide bonds. The number of halogens is 2. The number of hydrogen-bond acceptors (Lipinski definition) is 16. The highest BCUT2D eigenvalue weighted by Crippen LogP contribution is 2.29. The maximum absolute atomic E-state index is 13.0. The molecule has 24 heteroatoms. The largest absolute Gasteiger partial charge is 0.384 e. The van der Waals surface area contributed by atoms with Crippen LogP contribution in [0.3, 0.4) is 0 Å². The van der Waals surface area contributed by atoms with Gasteiger partial charge in [-0.3, -0.25) is 57.6 Å². The van der Waals surface area contributed by atoms with Crippen molar-refractivity contribution in [1.29, 1.82) is 0 Å². The van der Waals surface area contributed by atoms with Gasteiger partial charge in [-0.15, -0.1) is 0 Å². The fourth-order valence-electron chi connectivity index (χ4n) is 6.70. The molecule has 0 spiro atoms. The predicted octanol–water partition coefficient (Wildman–Crippen LogP) is 4.07.